The smallest absolute Gasteiger partial charge is 0.276 e. The molecular weight excluding hydrogens is 310 g/mol. The van der Waals surface area contributed by atoms with E-state index in [9.17, 15) is 18.5 Å². The highest BCUT2D eigenvalue weighted by molar-refractivity contribution is 7.89. The minimum absolute atomic E-state index is 0.235. The number of nitrogens with one attached hydrogen (secondary N) is 1. The van der Waals surface area contributed by atoms with Gasteiger partial charge in [-0.3, -0.25) is 10.1 Å². The van der Waals surface area contributed by atoms with Crippen molar-refractivity contribution in [3.63, 3.8) is 0 Å². The second-order valence-corrected chi connectivity index (χ2v) is 6.14. The predicted octanol–water partition coefficient (Wildman–Crippen LogP) is 2.20. The summed E-state index contributed by atoms with van der Waals surface area (Å²) in [5.74, 6) is 0.414. The lowest BCUT2D eigenvalue weighted by Crippen LogP contribution is -2.20. The van der Waals surface area contributed by atoms with Crippen LogP contribution in [0.3, 0.4) is 0 Å². The van der Waals surface area contributed by atoms with Gasteiger partial charge in [-0.25, -0.2) is 0 Å². The van der Waals surface area contributed by atoms with Crippen molar-refractivity contribution in [2.75, 3.05) is 0 Å². The standard InChI is InChI=1S/C13H13N3O5S/c1-9-5-6-11(8-12(9)16(17)18)22(19,20)15-14-10(2)13-4-3-7-21-13/h3-8,15H,1-2H3/b14-10-. The molecule has 0 aliphatic rings. The third kappa shape index (κ3) is 3.31. The molecule has 0 bridgehead atoms. The predicted molar refractivity (Wildman–Crippen MR) is 79.1 cm³/mol. The van der Waals surface area contributed by atoms with E-state index in [1.54, 1.807) is 19.1 Å². The monoisotopic (exact) mass is 323 g/mol. The molecule has 1 N–H and O–H groups in total. The Labute approximate surface area is 126 Å². The van der Waals surface area contributed by atoms with Gasteiger partial charge in [-0.1, -0.05) is 6.07 Å². The van der Waals surface area contributed by atoms with Crippen molar-refractivity contribution in [3.8, 4) is 0 Å². The van der Waals surface area contributed by atoms with Gasteiger partial charge < -0.3 is 4.42 Å². The van der Waals surface area contributed by atoms with Crippen LogP contribution in [0.25, 0.3) is 0 Å². The molecule has 0 fully saturated rings. The molecule has 0 aliphatic carbocycles. The molecule has 22 heavy (non-hydrogen) atoms. The van der Waals surface area contributed by atoms with E-state index in [1.807, 2.05) is 4.83 Å². The molecule has 116 valence electrons. The number of nitro benzene ring substituents is 1. The molecule has 0 aliphatic heterocycles. The van der Waals surface area contributed by atoms with Crippen molar-refractivity contribution in [2.45, 2.75) is 18.7 Å². The molecule has 8 nitrogen and oxygen atoms in total. The molecule has 0 saturated carbocycles. The van der Waals surface area contributed by atoms with E-state index in [4.69, 9.17) is 4.42 Å². The lowest BCUT2D eigenvalue weighted by Gasteiger charge is -2.05. The van der Waals surface area contributed by atoms with Crippen molar-refractivity contribution in [2.24, 2.45) is 5.10 Å². The van der Waals surface area contributed by atoms with Gasteiger partial charge in [0.25, 0.3) is 15.7 Å². The molecule has 0 saturated heterocycles. The zero-order chi connectivity index (χ0) is 16.3. The summed E-state index contributed by atoms with van der Waals surface area (Å²) >= 11 is 0. The van der Waals surface area contributed by atoms with E-state index >= 15 is 0 Å². The Hall–Kier alpha value is -2.68. The van der Waals surface area contributed by atoms with Crippen LogP contribution in [-0.4, -0.2) is 19.1 Å². The maximum atomic E-state index is 12.1. The highest BCUT2D eigenvalue weighted by Gasteiger charge is 2.19. The number of hydrogen-bond donors (Lipinski definition) is 1. The summed E-state index contributed by atoms with van der Waals surface area (Å²) in [7, 11) is -4.00. The maximum absolute atomic E-state index is 12.1. The second kappa shape index (κ2) is 5.98. The first-order valence-corrected chi connectivity index (χ1v) is 7.64. The number of furan rings is 1. The van der Waals surface area contributed by atoms with Crippen LogP contribution in [0.2, 0.25) is 0 Å². The Kier molecular flexibility index (Phi) is 4.27. The number of sulfonamides is 1. The van der Waals surface area contributed by atoms with Crippen LogP contribution >= 0.6 is 0 Å². The van der Waals surface area contributed by atoms with Gasteiger partial charge >= 0.3 is 0 Å². The van der Waals surface area contributed by atoms with Crippen LogP contribution in [-0.2, 0) is 10.0 Å². The molecule has 1 heterocycles. The van der Waals surface area contributed by atoms with Crippen molar-refractivity contribution < 1.29 is 17.8 Å². The summed E-state index contributed by atoms with van der Waals surface area (Å²) in [5, 5.41) is 14.6. The minimum Gasteiger partial charge on any atom is -0.463 e. The van der Waals surface area contributed by atoms with Gasteiger partial charge in [0.15, 0.2) is 0 Å². The third-order valence-electron chi connectivity index (χ3n) is 2.90. The fourth-order valence-corrected chi connectivity index (χ4v) is 2.55. The molecule has 2 rings (SSSR count). The average Bonchev–Trinajstić information content (AvgIpc) is 2.99. The van der Waals surface area contributed by atoms with Crippen LogP contribution in [0.5, 0.6) is 0 Å². The molecule has 1 aromatic carbocycles. The molecule has 0 atom stereocenters. The van der Waals surface area contributed by atoms with Crippen LogP contribution in [0, 0.1) is 17.0 Å². The Morgan fingerprint density at radius 1 is 1.36 bits per heavy atom. The Morgan fingerprint density at radius 2 is 2.09 bits per heavy atom. The molecule has 9 heteroatoms. The summed E-state index contributed by atoms with van der Waals surface area (Å²) in [6, 6.07) is 6.92. The molecule has 0 unspecified atom stereocenters. The first-order chi connectivity index (χ1) is 10.3. The summed E-state index contributed by atoms with van der Waals surface area (Å²) in [5.41, 5.74) is 0.434. The van der Waals surface area contributed by atoms with Crippen molar-refractivity contribution in [1.82, 2.24) is 4.83 Å². The Balaban J connectivity index is 2.30. The molecular formula is C13H13N3O5S. The van der Waals surface area contributed by atoms with Crippen molar-refractivity contribution in [1.29, 1.82) is 0 Å². The number of rotatable bonds is 5. The lowest BCUT2D eigenvalue weighted by molar-refractivity contribution is -0.385. The maximum Gasteiger partial charge on any atom is 0.276 e. The zero-order valence-corrected chi connectivity index (χ0v) is 12.6. The number of hydrazone groups is 1. The second-order valence-electron chi connectivity index (χ2n) is 4.47. The van der Waals surface area contributed by atoms with Crippen molar-refractivity contribution >= 4 is 21.4 Å². The summed E-state index contributed by atoms with van der Waals surface area (Å²) < 4.78 is 29.3. The van der Waals surface area contributed by atoms with E-state index in [1.165, 1.54) is 25.3 Å². The molecule has 2 aromatic rings. The van der Waals surface area contributed by atoms with Gasteiger partial charge in [-0.15, -0.1) is 0 Å². The first kappa shape index (κ1) is 15.7. The largest absolute Gasteiger partial charge is 0.463 e. The highest BCUT2D eigenvalue weighted by atomic mass is 32.2. The summed E-state index contributed by atoms with van der Waals surface area (Å²) in [6.45, 7) is 3.10. The molecule has 1 aromatic heterocycles. The molecule has 0 radical (unpaired) electrons. The first-order valence-electron chi connectivity index (χ1n) is 6.16. The van der Waals surface area contributed by atoms with Crippen LogP contribution in [0.1, 0.15) is 18.2 Å². The molecule has 0 spiro atoms. The Morgan fingerprint density at radius 3 is 2.68 bits per heavy atom. The highest BCUT2D eigenvalue weighted by Crippen LogP contribution is 2.22. The van der Waals surface area contributed by atoms with Gasteiger partial charge in [0.1, 0.15) is 11.5 Å². The molecule has 0 amide bonds. The van der Waals surface area contributed by atoms with Crippen molar-refractivity contribution in [3.05, 3.63) is 58.0 Å². The topological polar surface area (TPSA) is 115 Å². The lowest BCUT2D eigenvalue weighted by atomic mass is 10.2. The van der Waals surface area contributed by atoms with Crippen LogP contribution in [0.15, 0.2) is 51.0 Å². The zero-order valence-electron chi connectivity index (χ0n) is 11.8. The average molecular weight is 323 g/mol. The Bertz CT molecular complexity index is 825. The van der Waals surface area contributed by atoms with Gasteiger partial charge in [0, 0.05) is 11.6 Å². The quantitative estimate of drug-likeness (QED) is 0.514. The van der Waals surface area contributed by atoms with E-state index in [-0.39, 0.29) is 10.6 Å². The number of nitro groups is 1. The summed E-state index contributed by atoms with van der Waals surface area (Å²) in [6.07, 6.45) is 1.44. The van der Waals surface area contributed by atoms with Gasteiger partial charge in [0.2, 0.25) is 0 Å². The van der Waals surface area contributed by atoms with Gasteiger partial charge in [-0.05, 0) is 32.0 Å². The van der Waals surface area contributed by atoms with Gasteiger partial charge in [0.05, 0.1) is 16.1 Å². The normalized spacial score (nSPS) is 12.2. The fraction of sp³-hybridized carbons (Fsp3) is 0.154. The number of benzene rings is 1. The number of hydrogen-bond acceptors (Lipinski definition) is 6. The summed E-state index contributed by atoms with van der Waals surface area (Å²) in [4.78, 5) is 12.0. The van der Waals surface area contributed by atoms with Crippen LogP contribution in [0.4, 0.5) is 5.69 Å². The number of aryl methyl sites for hydroxylation is 1. The SMILES string of the molecule is C/C(=N/NS(=O)(=O)c1ccc(C)c([N+](=O)[O-])c1)c1ccco1. The van der Waals surface area contributed by atoms with Crippen LogP contribution < -0.4 is 4.83 Å². The van der Waals surface area contributed by atoms with E-state index in [0.717, 1.165) is 6.07 Å². The third-order valence-corrected chi connectivity index (χ3v) is 4.11. The van der Waals surface area contributed by atoms with E-state index < -0.39 is 14.9 Å². The minimum atomic E-state index is -4.00. The van der Waals surface area contributed by atoms with Gasteiger partial charge in [-0.2, -0.15) is 18.4 Å². The van der Waals surface area contributed by atoms with E-state index in [0.29, 0.717) is 17.0 Å². The number of nitrogens with zero attached hydrogens (tertiary/aromatic N) is 2. The fourth-order valence-electron chi connectivity index (χ4n) is 1.67. The van der Waals surface area contributed by atoms with E-state index in [2.05, 4.69) is 5.10 Å².